The van der Waals surface area contributed by atoms with Crippen LogP contribution in [0.15, 0.2) is 36.4 Å². The van der Waals surface area contributed by atoms with Gasteiger partial charge in [-0.05, 0) is 43.2 Å². The van der Waals surface area contributed by atoms with Gasteiger partial charge < -0.3 is 5.32 Å². The minimum absolute atomic E-state index is 0.0766. The highest BCUT2D eigenvalue weighted by molar-refractivity contribution is 5.92. The Bertz CT molecular complexity index is 771. The molecule has 0 saturated heterocycles. The molecule has 1 fully saturated rings. The summed E-state index contributed by atoms with van der Waals surface area (Å²) in [5.74, 6) is -1.90. The van der Waals surface area contributed by atoms with Crippen molar-refractivity contribution in [3.63, 3.8) is 0 Å². The monoisotopic (exact) mass is 349 g/mol. The van der Waals surface area contributed by atoms with Crippen molar-refractivity contribution in [1.29, 1.82) is 0 Å². The molecule has 25 heavy (non-hydrogen) atoms. The maximum absolute atomic E-state index is 12.8. The predicted octanol–water partition coefficient (Wildman–Crippen LogP) is 3.66. The van der Waals surface area contributed by atoms with Crippen molar-refractivity contribution in [2.24, 2.45) is 0 Å². The van der Waals surface area contributed by atoms with Gasteiger partial charge in [0.1, 0.15) is 5.69 Å². The Kier molecular flexibility index (Phi) is 4.49. The van der Waals surface area contributed by atoms with Gasteiger partial charge in [-0.3, -0.25) is 4.79 Å². The summed E-state index contributed by atoms with van der Waals surface area (Å²) in [5.41, 5.74) is 1.16. The SMILES string of the molecule is Cc1cc(C(=O)NCCC2(c3ccccc3)CC2)nc(C(F)(F)F)n1. The Labute approximate surface area is 143 Å². The number of nitrogens with zero attached hydrogens (tertiary/aromatic N) is 2. The van der Waals surface area contributed by atoms with Crippen LogP contribution in [0.5, 0.6) is 0 Å². The van der Waals surface area contributed by atoms with E-state index >= 15 is 0 Å². The Hall–Kier alpha value is -2.44. The summed E-state index contributed by atoms with van der Waals surface area (Å²) in [6, 6.07) is 11.3. The quantitative estimate of drug-likeness (QED) is 0.896. The molecule has 1 aliphatic rings. The summed E-state index contributed by atoms with van der Waals surface area (Å²) in [7, 11) is 0. The molecule has 0 spiro atoms. The highest BCUT2D eigenvalue weighted by Gasteiger charge is 2.43. The molecular weight excluding hydrogens is 331 g/mol. The fourth-order valence-corrected chi connectivity index (χ4v) is 2.94. The molecule has 1 saturated carbocycles. The molecule has 1 aliphatic carbocycles. The number of alkyl halides is 3. The summed E-state index contributed by atoms with van der Waals surface area (Å²) in [6.45, 7) is 1.79. The van der Waals surface area contributed by atoms with Crippen LogP contribution in [0.25, 0.3) is 0 Å². The number of aromatic nitrogens is 2. The smallest absolute Gasteiger partial charge is 0.351 e. The zero-order valence-electron chi connectivity index (χ0n) is 13.7. The van der Waals surface area contributed by atoms with E-state index in [0.717, 1.165) is 19.3 Å². The number of amides is 1. The zero-order chi connectivity index (χ0) is 18.1. The number of aryl methyl sites for hydroxylation is 1. The van der Waals surface area contributed by atoms with Crippen LogP contribution in [-0.4, -0.2) is 22.4 Å². The summed E-state index contributed by atoms with van der Waals surface area (Å²) in [6.07, 6.45) is -1.82. The molecular formula is C18H18F3N3O. The third kappa shape index (κ3) is 3.97. The van der Waals surface area contributed by atoms with Crippen LogP contribution in [0.2, 0.25) is 0 Å². The Morgan fingerprint density at radius 3 is 2.48 bits per heavy atom. The van der Waals surface area contributed by atoms with Crippen molar-refractivity contribution in [1.82, 2.24) is 15.3 Å². The molecule has 0 radical (unpaired) electrons. The van der Waals surface area contributed by atoms with Gasteiger partial charge in [0.25, 0.3) is 5.91 Å². The first-order valence-electron chi connectivity index (χ1n) is 8.07. The van der Waals surface area contributed by atoms with Crippen molar-refractivity contribution in [2.45, 2.75) is 37.8 Å². The van der Waals surface area contributed by atoms with Gasteiger partial charge in [0.15, 0.2) is 0 Å². The number of hydrogen-bond donors (Lipinski definition) is 1. The summed E-state index contributed by atoms with van der Waals surface area (Å²) in [5, 5.41) is 2.67. The number of rotatable bonds is 5. The number of nitrogens with one attached hydrogen (secondary N) is 1. The highest BCUT2D eigenvalue weighted by atomic mass is 19.4. The van der Waals surface area contributed by atoms with E-state index in [-0.39, 0.29) is 16.8 Å². The second-order valence-corrected chi connectivity index (χ2v) is 6.37. The van der Waals surface area contributed by atoms with Crippen molar-refractivity contribution in [3.8, 4) is 0 Å². The second-order valence-electron chi connectivity index (χ2n) is 6.37. The number of halogens is 3. The molecule has 1 amide bonds. The van der Waals surface area contributed by atoms with Crippen molar-refractivity contribution in [3.05, 3.63) is 59.2 Å². The lowest BCUT2D eigenvalue weighted by molar-refractivity contribution is -0.145. The van der Waals surface area contributed by atoms with E-state index in [1.807, 2.05) is 18.2 Å². The molecule has 0 unspecified atom stereocenters. The predicted molar refractivity (Wildman–Crippen MR) is 86.1 cm³/mol. The summed E-state index contributed by atoms with van der Waals surface area (Å²) >= 11 is 0. The highest BCUT2D eigenvalue weighted by Crippen LogP contribution is 2.50. The number of carbonyl (C=O) groups excluding carboxylic acids is 1. The average molecular weight is 349 g/mol. The molecule has 0 atom stereocenters. The Balaban J connectivity index is 1.63. The number of carbonyl (C=O) groups is 1. The lowest BCUT2D eigenvalue weighted by Gasteiger charge is -2.16. The van der Waals surface area contributed by atoms with Gasteiger partial charge in [0.2, 0.25) is 5.82 Å². The molecule has 2 aromatic rings. The molecule has 4 nitrogen and oxygen atoms in total. The third-order valence-corrected chi connectivity index (χ3v) is 4.47. The minimum Gasteiger partial charge on any atom is -0.351 e. The molecule has 1 heterocycles. The Morgan fingerprint density at radius 1 is 1.20 bits per heavy atom. The van der Waals surface area contributed by atoms with Crippen molar-refractivity contribution < 1.29 is 18.0 Å². The molecule has 0 aliphatic heterocycles. The topological polar surface area (TPSA) is 54.9 Å². The number of benzene rings is 1. The van der Waals surface area contributed by atoms with E-state index in [4.69, 9.17) is 0 Å². The summed E-state index contributed by atoms with van der Waals surface area (Å²) in [4.78, 5) is 18.8. The fraction of sp³-hybridized carbons (Fsp3) is 0.389. The first-order chi connectivity index (χ1) is 11.8. The van der Waals surface area contributed by atoms with Crippen molar-refractivity contribution >= 4 is 5.91 Å². The maximum Gasteiger partial charge on any atom is 0.451 e. The van der Waals surface area contributed by atoms with Crippen LogP contribution in [0.1, 0.15) is 46.8 Å². The van der Waals surface area contributed by atoms with Gasteiger partial charge in [-0.15, -0.1) is 0 Å². The lowest BCUT2D eigenvalue weighted by Crippen LogP contribution is -2.29. The van der Waals surface area contributed by atoms with Gasteiger partial charge in [0, 0.05) is 12.2 Å². The van der Waals surface area contributed by atoms with Crippen LogP contribution < -0.4 is 5.32 Å². The van der Waals surface area contributed by atoms with E-state index < -0.39 is 17.9 Å². The van der Waals surface area contributed by atoms with E-state index in [9.17, 15) is 18.0 Å². The molecule has 132 valence electrons. The van der Waals surface area contributed by atoms with Gasteiger partial charge >= 0.3 is 6.18 Å². The van der Waals surface area contributed by atoms with Crippen LogP contribution in [0.3, 0.4) is 0 Å². The van der Waals surface area contributed by atoms with Crippen LogP contribution >= 0.6 is 0 Å². The van der Waals surface area contributed by atoms with Gasteiger partial charge in [-0.25, -0.2) is 9.97 Å². The minimum atomic E-state index is -4.67. The number of hydrogen-bond acceptors (Lipinski definition) is 3. The fourth-order valence-electron chi connectivity index (χ4n) is 2.94. The lowest BCUT2D eigenvalue weighted by atomic mass is 9.92. The van der Waals surface area contributed by atoms with Gasteiger partial charge in [-0.2, -0.15) is 13.2 Å². The molecule has 7 heteroatoms. The molecule has 0 bridgehead atoms. The van der Waals surface area contributed by atoms with Crippen LogP contribution in [0, 0.1) is 6.92 Å². The van der Waals surface area contributed by atoms with E-state index in [2.05, 4.69) is 27.4 Å². The van der Waals surface area contributed by atoms with Crippen molar-refractivity contribution in [2.75, 3.05) is 6.54 Å². The van der Waals surface area contributed by atoms with E-state index in [1.54, 1.807) is 0 Å². The van der Waals surface area contributed by atoms with Gasteiger partial charge in [0.05, 0.1) is 0 Å². The first-order valence-corrected chi connectivity index (χ1v) is 8.07. The van der Waals surface area contributed by atoms with Crippen LogP contribution in [0.4, 0.5) is 13.2 Å². The molecule has 1 aromatic heterocycles. The summed E-state index contributed by atoms with van der Waals surface area (Å²) < 4.78 is 38.3. The van der Waals surface area contributed by atoms with Gasteiger partial charge in [-0.1, -0.05) is 30.3 Å². The van der Waals surface area contributed by atoms with E-state index in [0.29, 0.717) is 6.54 Å². The zero-order valence-corrected chi connectivity index (χ0v) is 13.7. The molecule has 1 N–H and O–H groups in total. The first kappa shape index (κ1) is 17.4. The standard InChI is InChI=1S/C18H18F3N3O/c1-12-11-14(24-16(23-12)18(19,20)21)15(25)22-10-9-17(7-8-17)13-5-3-2-4-6-13/h2-6,11H,7-10H2,1H3,(H,22,25). The normalized spacial score (nSPS) is 15.7. The third-order valence-electron chi connectivity index (χ3n) is 4.47. The molecule has 1 aromatic carbocycles. The van der Waals surface area contributed by atoms with Crippen LogP contribution in [-0.2, 0) is 11.6 Å². The maximum atomic E-state index is 12.8. The largest absolute Gasteiger partial charge is 0.451 e. The van der Waals surface area contributed by atoms with E-state index in [1.165, 1.54) is 18.6 Å². The second kappa shape index (κ2) is 6.46. The molecule has 3 rings (SSSR count). The average Bonchev–Trinajstić information content (AvgIpc) is 3.35. The Morgan fingerprint density at radius 2 is 1.88 bits per heavy atom.